The Balaban J connectivity index is 2.16. The Hall–Kier alpha value is -0.910. The fourth-order valence-corrected chi connectivity index (χ4v) is 1.95. The van der Waals surface area contributed by atoms with Gasteiger partial charge in [-0.2, -0.15) is 0 Å². The molecule has 0 aliphatic carbocycles. The summed E-state index contributed by atoms with van der Waals surface area (Å²) in [4.78, 5) is 16.0. The summed E-state index contributed by atoms with van der Waals surface area (Å²) in [6.07, 6.45) is 1.57. The van der Waals surface area contributed by atoms with E-state index in [4.69, 9.17) is 11.6 Å². The second-order valence-electron chi connectivity index (χ2n) is 3.45. The van der Waals surface area contributed by atoms with Gasteiger partial charge in [-0.15, -0.1) is 0 Å². The molecule has 0 unspecified atom stereocenters. The fraction of sp³-hybridized carbons (Fsp3) is 0. The number of halogens is 3. The maximum absolute atomic E-state index is 11.9. The number of nitrogens with one attached hydrogen (secondary N) is 1. The van der Waals surface area contributed by atoms with Crippen molar-refractivity contribution < 1.29 is 4.79 Å². The highest BCUT2D eigenvalue weighted by Gasteiger charge is 2.08. The van der Waals surface area contributed by atoms with Crippen LogP contribution in [0.15, 0.2) is 45.6 Å². The van der Waals surface area contributed by atoms with Gasteiger partial charge in [0.15, 0.2) is 0 Å². The van der Waals surface area contributed by atoms with Crippen LogP contribution in [0.2, 0.25) is 5.02 Å². The molecule has 0 saturated heterocycles. The maximum Gasteiger partial charge on any atom is 0.255 e. The molecule has 0 spiro atoms. The molecule has 6 heteroatoms. The van der Waals surface area contributed by atoms with Crippen molar-refractivity contribution in [2.45, 2.75) is 0 Å². The molecule has 2 aromatic rings. The van der Waals surface area contributed by atoms with Crippen molar-refractivity contribution in [1.82, 2.24) is 4.98 Å². The van der Waals surface area contributed by atoms with E-state index in [-0.39, 0.29) is 5.91 Å². The lowest BCUT2D eigenvalue weighted by atomic mass is 10.2. The number of amides is 1. The van der Waals surface area contributed by atoms with Gasteiger partial charge >= 0.3 is 0 Å². The van der Waals surface area contributed by atoms with Gasteiger partial charge in [0, 0.05) is 10.0 Å². The summed E-state index contributed by atoms with van der Waals surface area (Å²) in [6.45, 7) is 0. The molecule has 1 aromatic heterocycles. The predicted octanol–water partition coefficient (Wildman–Crippen LogP) is 4.51. The smallest absolute Gasteiger partial charge is 0.255 e. The average Bonchev–Trinajstić information content (AvgIpc) is 2.35. The average molecular weight is 390 g/mol. The first-order valence-electron chi connectivity index (χ1n) is 4.94. The Morgan fingerprint density at radius 1 is 1.22 bits per heavy atom. The molecule has 0 fully saturated rings. The van der Waals surface area contributed by atoms with Crippen molar-refractivity contribution in [1.29, 1.82) is 0 Å². The van der Waals surface area contributed by atoms with Crippen LogP contribution < -0.4 is 5.32 Å². The van der Waals surface area contributed by atoms with Crippen LogP contribution in [0.4, 0.5) is 5.69 Å². The molecule has 0 aliphatic heterocycles. The zero-order chi connectivity index (χ0) is 13.1. The minimum Gasteiger partial charge on any atom is -0.321 e. The molecule has 0 atom stereocenters. The molecule has 0 saturated carbocycles. The highest BCUT2D eigenvalue weighted by molar-refractivity contribution is 9.10. The Morgan fingerprint density at radius 3 is 2.61 bits per heavy atom. The zero-order valence-electron chi connectivity index (χ0n) is 8.95. The van der Waals surface area contributed by atoms with Crippen LogP contribution >= 0.6 is 43.5 Å². The van der Waals surface area contributed by atoms with Crippen LogP contribution in [-0.2, 0) is 0 Å². The number of anilines is 1. The van der Waals surface area contributed by atoms with E-state index in [2.05, 4.69) is 42.2 Å². The number of rotatable bonds is 2. The largest absolute Gasteiger partial charge is 0.321 e. The molecule has 1 heterocycles. The summed E-state index contributed by atoms with van der Waals surface area (Å²) < 4.78 is 1.47. The molecule has 1 amide bonds. The summed E-state index contributed by atoms with van der Waals surface area (Å²) in [7, 11) is 0. The van der Waals surface area contributed by atoms with Crippen molar-refractivity contribution in [2.75, 3.05) is 5.32 Å². The summed E-state index contributed by atoms with van der Waals surface area (Å²) in [5, 5.41) is 3.23. The van der Waals surface area contributed by atoms with E-state index in [9.17, 15) is 4.79 Å². The Bertz CT molecular complexity index is 587. The number of nitrogens with zero attached hydrogens (tertiary/aromatic N) is 1. The SMILES string of the molecule is O=C(Nc1ccc(Br)nc1)c1ccc(Br)c(Cl)c1. The van der Waals surface area contributed by atoms with E-state index in [1.165, 1.54) is 0 Å². The highest BCUT2D eigenvalue weighted by atomic mass is 79.9. The molecule has 3 nitrogen and oxygen atoms in total. The number of carbonyl (C=O) groups is 1. The second-order valence-corrected chi connectivity index (χ2v) is 5.53. The maximum atomic E-state index is 11.9. The molecule has 18 heavy (non-hydrogen) atoms. The number of aromatic nitrogens is 1. The van der Waals surface area contributed by atoms with E-state index < -0.39 is 0 Å². The molecule has 0 aliphatic rings. The van der Waals surface area contributed by atoms with Crippen LogP contribution in [-0.4, -0.2) is 10.9 Å². The lowest BCUT2D eigenvalue weighted by Crippen LogP contribution is -2.11. The number of hydrogen-bond acceptors (Lipinski definition) is 2. The first-order chi connectivity index (χ1) is 8.56. The quantitative estimate of drug-likeness (QED) is 0.767. The normalized spacial score (nSPS) is 10.2. The second kappa shape index (κ2) is 5.82. The molecular weight excluding hydrogens is 383 g/mol. The van der Waals surface area contributed by atoms with E-state index in [0.29, 0.717) is 20.9 Å². The Kier molecular flexibility index (Phi) is 4.37. The first-order valence-corrected chi connectivity index (χ1v) is 6.90. The number of pyridine rings is 1. The fourth-order valence-electron chi connectivity index (χ4n) is 1.29. The van der Waals surface area contributed by atoms with Gasteiger partial charge in [-0.3, -0.25) is 4.79 Å². The lowest BCUT2D eigenvalue weighted by molar-refractivity contribution is 0.102. The van der Waals surface area contributed by atoms with Crippen LogP contribution in [0, 0.1) is 0 Å². The van der Waals surface area contributed by atoms with Gasteiger partial charge in [-0.1, -0.05) is 11.6 Å². The van der Waals surface area contributed by atoms with Crippen molar-refractivity contribution in [2.24, 2.45) is 0 Å². The highest BCUT2D eigenvalue weighted by Crippen LogP contribution is 2.23. The third kappa shape index (κ3) is 3.31. The van der Waals surface area contributed by atoms with Crippen molar-refractivity contribution in [3.8, 4) is 0 Å². The van der Waals surface area contributed by atoms with Crippen molar-refractivity contribution in [3.05, 3.63) is 56.2 Å². The molecule has 0 bridgehead atoms. The van der Waals surface area contributed by atoms with E-state index in [0.717, 1.165) is 4.47 Å². The Morgan fingerprint density at radius 2 is 2.00 bits per heavy atom. The van der Waals surface area contributed by atoms with E-state index >= 15 is 0 Å². The number of hydrogen-bond donors (Lipinski definition) is 1. The third-order valence-corrected chi connectivity index (χ3v) is 3.87. The monoisotopic (exact) mass is 388 g/mol. The Labute approximate surface area is 126 Å². The van der Waals surface area contributed by atoms with Crippen LogP contribution in [0.3, 0.4) is 0 Å². The summed E-state index contributed by atoms with van der Waals surface area (Å²) in [6, 6.07) is 8.54. The molecule has 0 radical (unpaired) electrons. The standard InChI is InChI=1S/C12H7Br2ClN2O/c13-9-3-1-7(5-10(9)15)12(18)17-8-2-4-11(14)16-6-8/h1-6H,(H,17,18). The van der Waals surface area contributed by atoms with Gasteiger partial charge in [0.25, 0.3) is 5.91 Å². The summed E-state index contributed by atoms with van der Waals surface area (Å²) in [5.74, 6) is -0.228. The molecule has 1 N–H and O–H groups in total. The minimum absolute atomic E-state index is 0.228. The summed E-state index contributed by atoms with van der Waals surface area (Å²) in [5.41, 5.74) is 1.12. The first kappa shape index (κ1) is 13.5. The molecule has 92 valence electrons. The van der Waals surface area contributed by atoms with Gasteiger partial charge in [0.2, 0.25) is 0 Å². The van der Waals surface area contributed by atoms with Crippen LogP contribution in [0.25, 0.3) is 0 Å². The zero-order valence-corrected chi connectivity index (χ0v) is 12.9. The summed E-state index contributed by atoms with van der Waals surface area (Å²) >= 11 is 12.4. The van der Waals surface area contributed by atoms with Crippen molar-refractivity contribution >= 4 is 55.1 Å². The van der Waals surface area contributed by atoms with Gasteiger partial charge in [-0.25, -0.2) is 4.98 Å². The van der Waals surface area contributed by atoms with Crippen LogP contribution in [0.1, 0.15) is 10.4 Å². The van der Waals surface area contributed by atoms with Gasteiger partial charge in [0.1, 0.15) is 4.60 Å². The molecule has 2 rings (SSSR count). The van der Waals surface area contributed by atoms with E-state index in [1.807, 2.05) is 0 Å². The number of carbonyl (C=O) groups excluding carboxylic acids is 1. The minimum atomic E-state index is -0.228. The lowest BCUT2D eigenvalue weighted by Gasteiger charge is -2.05. The van der Waals surface area contributed by atoms with Gasteiger partial charge in [0.05, 0.1) is 16.9 Å². The molecule has 1 aromatic carbocycles. The van der Waals surface area contributed by atoms with Crippen molar-refractivity contribution in [3.63, 3.8) is 0 Å². The van der Waals surface area contributed by atoms with Crippen LogP contribution in [0.5, 0.6) is 0 Å². The van der Waals surface area contributed by atoms with Gasteiger partial charge < -0.3 is 5.32 Å². The predicted molar refractivity (Wildman–Crippen MR) is 79.0 cm³/mol. The van der Waals surface area contributed by atoms with E-state index in [1.54, 1.807) is 36.5 Å². The third-order valence-electron chi connectivity index (χ3n) is 2.17. The topological polar surface area (TPSA) is 42.0 Å². The molecular formula is C12H7Br2ClN2O. The number of benzene rings is 1. The van der Waals surface area contributed by atoms with Gasteiger partial charge in [-0.05, 0) is 62.2 Å².